The van der Waals surface area contributed by atoms with Crippen LogP contribution in [0.15, 0.2) is 54.2 Å². The second-order valence-corrected chi connectivity index (χ2v) is 6.71. The summed E-state index contributed by atoms with van der Waals surface area (Å²) < 4.78 is 0. The molecule has 0 fully saturated rings. The molecule has 3 aromatic rings. The third kappa shape index (κ3) is 3.47. The third-order valence-corrected chi connectivity index (χ3v) is 5.05. The van der Waals surface area contributed by atoms with E-state index in [0.717, 1.165) is 16.1 Å². The molecule has 0 saturated heterocycles. The van der Waals surface area contributed by atoms with Crippen LogP contribution in [-0.4, -0.2) is 27.8 Å². The second-order valence-electron chi connectivity index (χ2n) is 5.42. The summed E-state index contributed by atoms with van der Waals surface area (Å²) in [4.78, 5) is 22.9. The molecule has 0 aliphatic rings. The molecule has 1 atom stereocenters. The first-order valence-electron chi connectivity index (χ1n) is 7.45. The van der Waals surface area contributed by atoms with Crippen LogP contribution in [0.1, 0.15) is 29.0 Å². The minimum absolute atomic E-state index is 0.0545. The summed E-state index contributed by atoms with van der Waals surface area (Å²) in [5, 5.41) is 3.28. The largest absolute Gasteiger partial charge is 0.334 e. The molecule has 2 aromatic heterocycles. The lowest BCUT2D eigenvalue weighted by atomic mass is 10.1. The van der Waals surface area contributed by atoms with Gasteiger partial charge in [0.1, 0.15) is 10.7 Å². The standard InChI is InChI=1S/C18H16ClN3OS/c1-12(13-7-9-20-10-8-13)22(2)18(23)16-11-24-17(21-16)14-3-5-15(19)6-4-14/h3-12H,1-2H3. The van der Waals surface area contributed by atoms with E-state index in [1.54, 1.807) is 29.7 Å². The van der Waals surface area contributed by atoms with Crippen LogP contribution in [0.5, 0.6) is 0 Å². The summed E-state index contributed by atoms with van der Waals surface area (Å²) in [5.41, 5.74) is 2.44. The highest BCUT2D eigenvalue weighted by atomic mass is 35.5. The van der Waals surface area contributed by atoms with Gasteiger partial charge < -0.3 is 4.90 Å². The Labute approximate surface area is 149 Å². The molecule has 2 heterocycles. The molecule has 24 heavy (non-hydrogen) atoms. The van der Waals surface area contributed by atoms with E-state index < -0.39 is 0 Å². The fourth-order valence-corrected chi connectivity index (χ4v) is 3.25. The minimum Gasteiger partial charge on any atom is -0.334 e. The highest BCUT2D eigenvalue weighted by Crippen LogP contribution is 2.27. The van der Waals surface area contributed by atoms with Crippen molar-refractivity contribution in [1.29, 1.82) is 0 Å². The van der Waals surface area contributed by atoms with Crippen molar-refractivity contribution in [2.45, 2.75) is 13.0 Å². The number of rotatable bonds is 4. The number of benzene rings is 1. The maximum Gasteiger partial charge on any atom is 0.273 e. The molecular formula is C18H16ClN3OS. The van der Waals surface area contributed by atoms with Crippen molar-refractivity contribution >= 4 is 28.8 Å². The number of thiazole rings is 1. The summed E-state index contributed by atoms with van der Waals surface area (Å²) >= 11 is 7.36. The van der Waals surface area contributed by atoms with E-state index in [2.05, 4.69) is 9.97 Å². The molecule has 1 amide bonds. The van der Waals surface area contributed by atoms with Gasteiger partial charge in [-0.3, -0.25) is 9.78 Å². The van der Waals surface area contributed by atoms with Gasteiger partial charge in [0.25, 0.3) is 5.91 Å². The van der Waals surface area contributed by atoms with Crippen molar-refractivity contribution in [3.63, 3.8) is 0 Å². The van der Waals surface area contributed by atoms with E-state index >= 15 is 0 Å². The monoisotopic (exact) mass is 357 g/mol. The smallest absolute Gasteiger partial charge is 0.273 e. The molecule has 0 bridgehead atoms. The van der Waals surface area contributed by atoms with E-state index in [0.29, 0.717) is 10.7 Å². The van der Waals surface area contributed by atoms with Gasteiger partial charge >= 0.3 is 0 Å². The average Bonchev–Trinajstić information content (AvgIpc) is 3.11. The Morgan fingerprint density at radius 3 is 2.50 bits per heavy atom. The molecule has 0 spiro atoms. The number of nitrogens with zero attached hydrogens (tertiary/aromatic N) is 3. The fraction of sp³-hybridized carbons (Fsp3) is 0.167. The van der Waals surface area contributed by atoms with Gasteiger partial charge in [-0.25, -0.2) is 4.98 Å². The Morgan fingerprint density at radius 1 is 1.17 bits per heavy atom. The molecule has 0 saturated carbocycles. The quantitative estimate of drug-likeness (QED) is 0.680. The number of hydrogen-bond donors (Lipinski definition) is 0. The highest BCUT2D eigenvalue weighted by molar-refractivity contribution is 7.13. The Hall–Kier alpha value is -2.24. The minimum atomic E-state index is -0.101. The fourth-order valence-electron chi connectivity index (χ4n) is 2.32. The lowest BCUT2D eigenvalue weighted by Crippen LogP contribution is -2.29. The molecule has 6 heteroatoms. The van der Waals surface area contributed by atoms with Crippen molar-refractivity contribution in [3.8, 4) is 10.6 Å². The van der Waals surface area contributed by atoms with Crippen LogP contribution in [0, 0.1) is 0 Å². The Bertz CT molecular complexity index is 833. The van der Waals surface area contributed by atoms with Crippen LogP contribution < -0.4 is 0 Å². The van der Waals surface area contributed by atoms with Gasteiger partial charge in [-0.2, -0.15) is 0 Å². The van der Waals surface area contributed by atoms with Crippen LogP contribution in [0.25, 0.3) is 10.6 Å². The lowest BCUT2D eigenvalue weighted by molar-refractivity contribution is 0.0737. The SMILES string of the molecule is CC(c1ccncc1)N(C)C(=O)c1csc(-c2ccc(Cl)cc2)n1. The van der Waals surface area contributed by atoms with E-state index in [4.69, 9.17) is 11.6 Å². The number of halogens is 1. The topological polar surface area (TPSA) is 46.1 Å². The first-order chi connectivity index (χ1) is 11.6. The molecular weight excluding hydrogens is 342 g/mol. The average molecular weight is 358 g/mol. The zero-order valence-corrected chi connectivity index (χ0v) is 14.9. The number of carbonyl (C=O) groups is 1. The first-order valence-corrected chi connectivity index (χ1v) is 8.70. The van der Waals surface area contributed by atoms with Crippen molar-refractivity contribution in [1.82, 2.24) is 14.9 Å². The van der Waals surface area contributed by atoms with Crippen LogP contribution in [0.4, 0.5) is 0 Å². The molecule has 122 valence electrons. The zero-order valence-electron chi connectivity index (χ0n) is 13.3. The first kappa shape index (κ1) is 16.6. The molecule has 0 aliphatic heterocycles. The lowest BCUT2D eigenvalue weighted by Gasteiger charge is -2.24. The highest BCUT2D eigenvalue weighted by Gasteiger charge is 2.21. The number of amides is 1. The van der Waals surface area contributed by atoms with Crippen LogP contribution in [-0.2, 0) is 0 Å². The molecule has 1 unspecified atom stereocenters. The van der Waals surface area contributed by atoms with Gasteiger partial charge in [-0.05, 0) is 36.8 Å². The van der Waals surface area contributed by atoms with Crippen molar-refractivity contribution in [2.24, 2.45) is 0 Å². The molecule has 1 aromatic carbocycles. The molecule has 0 aliphatic carbocycles. The van der Waals surface area contributed by atoms with E-state index in [-0.39, 0.29) is 11.9 Å². The van der Waals surface area contributed by atoms with Crippen LogP contribution in [0.3, 0.4) is 0 Å². The number of aromatic nitrogens is 2. The molecule has 3 rings (SSSR count). The maximum atomic E-state index is 12.7. The van der Waals surface area contributed by atoms with Gasteiger partial charge in [-0.1, -0.05) is 23.7 Å². The normalized spacial score (nSPS) is 12.0. The van der Waals surface area contributed by atoms with Gasteiger partial charge in [0.05, 0.1) is 6.04 Å². The van der Waals surface area contributed by atoms with Crippen molar-refractivity contribution < 1.29 is 4.79 Å². The number of hydrogen-bond acceptors (Lipinski definition) is 4. The maximum absolute atomic E-state index is 12.7. The van der Waals surface area contributed by atoms with Crippen molar-refractivity contribution in [3.05, 3.63) is 70.5 Å². The van der Waals surface area contributed by atoms with E-state index in [9.17, 15) is 4.79 Å². The van der Waals surface area contributed by atoms with E-state index in [1.807, 2.05) is 43.3 Å². The molecule has 0 radical (unpaired) electrons. The Kier molecular flexibility index (Phi) is 4.92. The summed E-state index contributed by atoms with van der Waals surface area (Å²) in [6.45, 7) is 1.99. The Balaban J connectivity index is 1.79. The molecule has 0 N–H and O–H groups in total. The summed E-state index contributed by atoms with van der Waals surface area (Å²) in [5.74, 6) is -0.101. The van der Waals surface area contributed by atoms with Gasteiger partial charge in [0, 0.05) is 35.4 Å². The molecule has 4 nitrogen and oxygen atoms in total. The van der Waals surface area contributed by atoms with Crippen molar-refractivity contribution in [2.75, 3.05) is 7.05 Å². The Morgan fingerprint density at radius 2 is 1.83 bits per heavy atom. The predicted molar refractivity (Wildman–Crippen MR) is 97.3 cm³/mol. The van der Waals surface area contributed by atoms with E-state index in [1.165, 1.54) is 11.3 Å². The van der Waals surface area contributed by atoms with Gasteiger partial charge in [0.2, 0.25) is 0 Å². The van der Waals surface area contributed by atoms with Crippen LogP contribution in [0.2, 0.25) is 5.02 Å². The van der Waals surface area contributed by atoms with Crippen LogP contribution >= 0.6 is 22.9 Å². The number of pyridine rings is 1. The zero-order chi connectivity index (χ0) is 17.1. The predicted octanol–water partition coefficient (Wildman–Crippen LogP) is 4.69. The third-order valence-electron chi connectivity index (χ3n) is 3.90. The second kappa shape index (κ2) is 7.11. The summed E-state index contributed by atoms with van der Waals surface area (Å²) in [6, 6.07) is 11.2. The van der Waals surface area contributed by atoms with Gasteiger partial charge in [-0.15, -0.1) is 11.3 Å². The van der Waals surface area contributed by atoms with Gasteiger partial charge in [0.15, 0.2) is 0 Å². The number of carbonyl (C=O) groups excluding carboxylic acids is 1. The summed E-state index contributed by atoms with van der Waals surface area (Å²) in [7, 11) is 1.79. The summed E-state index contributed by atoms with van der Waals surface area (Å²) in [6.07, 6.45) is 3.46.